The van der Waals surface area contributed by atoms with Gasteiger partial charge < -0.3 is 5.11 Å². The van der Waals surface area contributed by atoms with Crippen LogP contribution in [0.3, 0.4) is 0 Å². The summed E-state index contributed by atoms with van der Waals surface area (Å²) in [6.07, 6.45) is 6.42. The second kappa shape index (κ2) is 4.03. The van der Waals surface area contributed by atoms with Gasteiger partial charge in [0.25, 0.3) is 0 Å². The Hall–Kier alpha value is -0.560. The summed E-state index contributed by atoms with van der Waals surface area (Å²) >= 11 is 0. The summed E-state index contributed by atoms with van der Waals surface area (Å²) in [5, 5.41) is 9.81. The first-order valence-corrected chi connectivity index (χ1v) is 6.48. The summed E-state index contributed by atoms with van der Waals surface area (Å²) in [6.45, 7) is 10.9. The molecule has 0 amide bonds. The quantitative estimate of drug-likeness (QED) is 0.668. The Labute approximate surface area is 99.3 Å². The van der Waals surface area contributed by atoms with Crippen LogP contribution in [0.4, 0.5) is 0 Å². The molecule has 1 N–H and O–H groups in total. The Kier molecular flexibility index (Phi) is 3.00. The molecule has 0 aromatic heterocycles. The number of rotatable bonds is 1. The lowest BCUT2D eigenvalue weighted by molar-refractivity contribution is 0.0882. The molecule has 1 fully saturated rings. The minimum atomic E-state index is -0.209. The van der Waals surface area contributed by atoms with Gasteiger partial charge in [-0.2, -0.15) is 0 Å². The maximum absolute atomic E-state index is 9.81. The second-order valence-electron chi connectivity index (χ2n) is 6.10. The summed E-state index contributed by atoms with van der Waals surface area (Å²) in [7, 11) is 0. The Morgan fingerprint density at radius 3 is 2.88 bits per heavy atom. The van der Waals surface area contributed by atoms with Gasteiger partial charge in [-0.15, -0.1) is 0 Å². The Morgan fingerprint density at radius 1 is 1.56 bits per heavy atom. The van der Waals surface area contributed by atoms with Crippen molar-refractivity contribution in [1.82, 2.24) is 0 Å². The average Bonchev–Trinajstić information content (AvgIpc) is 2.19. The van der Waals surface area contributed by atoms with E-state index in [9.17, 15) is 5.11 Å². The van der Waals surface area contributed by atoms with Crippen LogP contribution in [-0.4, -0.2) is 11.2 Å². The molecular formula is C15H24O. The van der Waals surface area contributed by atoms with Crippen molar-refractivity contribution < 1.29 is 5.11 Å². The predicted octanol–water partition coefficient (Wildman–Crippen LogP) is 3.70. The van der Waals surface area contributed by atoms with Crippen molar-refractivity contribution >= 4 is 0 Å². The fourth-order valence-corrected chi connectivity index (χ4v) is 3.49. The second-order valence-corrected chi connectivity index (χ2v) is 6.10. The SMILES string of the molecule is C=C(C)[C@@H]1CCC2=CC(O)C[C@@H](C)[C@]2(C)C1. The van der Waals surface area contributed by atoms with Crippen LogP contribution >= 0.6 is 0 Å². The van der Waals surface area contributed by atoms with Gasteiger partial charge >= 0.3 is 0 Å². The van der Waals surface area contributed by atoms with E-state index in [4.69, 9.17) is 0 Å². The zero-order chi connectivity index (χ0) is 11.9. The largest absolute Gasteiger partial charge is 0.389 e. The van der Waals surface area contributed by atoms with E-state index in [0.29, 0.717) is 17.3 Å². The molecule has 0 heterocycles. The van der Waals surface area contributed by atoms with Crippen LogP contribution in [0.1, 0.15) is 46.5 Å². The van der Waals surface area contributed by atoms with Crippen molar-refractivity contribution in [2.75, 3.05) is 0 Å². The van der Waals surface area contributed by atoms with E-state index < -0.39 is 0 Å². The molecule has 2 aliphatic carbocycles. The van der Waals surface area contributed by atoms with Gasteiger partial charge in [0.15, 0.2) is 0 Å². The van der Waals surface area contributed by atoms with E-state index in [0.717, 1.165) is 12.8 Å². The van der Waals surface area contributed by atoms with Gasteiger partial charge in [0, 0.05) is 0 Å². The van der Waals surface area contributed by atoms with Crippen molar-refractivity contribution in [2.45, 2.75) is 52.6 Å². The third kappa shape index (κ3) is 1.86. The van der Waals surface area contributed by atoms with Gasteiger partial charge in [0.2, 0.25) is 0 Å². The molecule has 0 bridgehead atoms. The normalized spacial score (nSPS) is 43.5. The third-order valence-corrected chi connectivity index (χ3v) is 4.94. The van der Waals surface area contributed by atoms with E-state index in [1.807, 2.05) is 0 Å². The van der Waals surface area contributed by atoms with Crippen molar-refractivity contribution in [2.24, 2.45) is 17.3 Å². The maximum atomic E-state index is 9.81. The summed E-state index contributed by atoms with van der Waals surface area (Å²) < 4.78 is 0. The van der Waals surface area contributed by atoms with Gasteiger partial charge in [-0.05, 0) is 49.9 Å². The smallest absolute Gasteiger partial charge is 0.0726 e. The molecule has 0 aromatic carbocycles. The molecule has 1 nitrogen and oxygen atoms in total. The highest BCUT2D eigenvalue weighted by atomic mass is 16.3. The number of aliphatic hydroxyl groups is 1. The Morgan fingerprint density at radius 2 is 2.25 bits per heavy atom. The van der Waals surface area contributed by atoms with Crippen LogP contribution < -0.4 is 0 Å². The molecule has 1 saturated carbocycles. The molecule has 0 aliphatic heterocycles. The van der Waals surface area contributed by atoms with Crippen LogP contribution in [-0.2, 0) is 0 Å². The van der Waals surface area contributed by atoms with Crippen molar-refractivity contribution in [3.05, 3.63) is 23.8 Å². The van der Waals surface area contributed by atoms with Crippen LogP contribution in [0.5, 0.6) is 0 Å². The molecule has 2 aliphatic rings. The highest BCUT2D eigenvalue weighted by Gasteiger charge is 2.43. The molecule has 0 saturated heterocycles. The van der Waals surface area contributed by atoms with E-state index >= 15 is 0 Å². The first-order chi connectivity index (χ1) is 7.43. The molecule has 16 heavy (non-hydrogen) atoms. The summed E-state index contributed by atoms with van der Waals surface area (Å²) in [5.74, 6) is 1.27. The minimum absolute atomic E-state index is 0.209. The fourth-order valence-electron chi connectivity index (χ4n) is 3.49. The summed E-state index contributed by atoms with van der Waals surface area (Å²) in [5.41, 5.74) is 3.14. The van der Waals surface area contributed by atoms with Gasteiger partial charge in [-0.1, -0.05) is 37.6 Å². The van der Waals surface area contributed by atoms with Gasteiger partial charge in [-0.25, -0.2) is 0 Å². The fraction of sp³-hybridized carbons (Fsp3) is 0.733. The van der Waals surface area contributed by atoms with Gasteiger partial charge in [-0.3, -0.25) is 0 Å². The highest BCUT2D eigenvalue weighted by molar-refractivity contribution is 5.24. The number of allylic oxidation sites excluding steroid dienone is 2. The first-order valence-electron chi connectivity index (χ1n) is 6.48. The maximum Gasteiger partial charge on any atom is 0.0726 e. The molecule has 1 heteroatoms. The lowest BCUT2D eigenvalue weighted by Gasteiger charge is -2.48. The number of aliphatic hydroxyl groups excluding tert-OH is 1. The van der Waals surface area contributed by atoms with Gasteiger partial charge in [0.05, 0.1) is 6.10 Å². The number of hydrogen-bond donors (Lipinski definition) is 1. The van der Waals surface area contributed by atoms with Crippen molar-refractivity contribution in [3.63, 3.8) is 0 Å². The molecule has 0 aromatic rings. The molecule has 0 radical (unpaired) electrons. The predicted molar refractivity (Wildman–Crippen MR) is 68.1 cm³/mol. The van der Waals surface area contributed by atoms with Crippen LogP contribution in [0.2, 0.25) is 0 Å². The molecule has 1 unspecified atom stereocenters. The molecule has 90 valence electrons. The standard InChI is InChI=1S/C15H24O/c1-10(2)12-5-6-13-8-14(16)7-11(3)15(13,4)9-12/h8,11-12,14,16H,1,5-7,9H2,2-4H3/t11-,12-,14?,15+/m1/s1. The molecule has 2 rings (SSSR count). The third-order valence-electron chi connectivity index (χ3n) is 4.94. The first kappa shape index (κ1) is 11.9. The zero-order valence-corrected chi connectivity index (χ0v) is 10.8. The summed E-state index contributed by atoms with van der Waals surface area (Å²) in [4.78, 5) is 0. The van der Waals surface area contributed by atoms with Crippen LogP contribution in [0, 0.1) is 17.3 Å². The number of hydrogen-bond acceptors (Lipinski definition) is 1. The van der Waals surface area contributed by atoms with E-state index in [2.05, 4.69) is 33.4 Å². The zero-order valence-electron chi connectivity index (χ0n) is 10.8. The minimum Gasteiger partial charge on any atom is -0.389 e. The van der Waals surface area contributed by atoms with Crippen LogP contribution in [0.15, 0.2) is 23.8 Å². The monoisotopic (exact) mass is 220 g/mol. The summed E-state index contributed by atoms with van der Waals surface area (Å²) in [6, 6.07) is 0. The topological polar surface area (TPSA) is 20.2 Å². The lowest BCUT2D eigenvalue weighted by Crippen LogP contribution is -2.39. The Balaban J connectivity index is 2.26. The van der Waals surface area contributed by atoms with E-state index in [1.54, 1.807) is 0 Å². The van der Waals surface area contributed by atoms with E-state index in [-0.39, 0.29) is 6.10 Å². The van der Waals surface area contributed by atoms with Gasteiger partial charge in [0.1, 0.15) is 0 Å². The highest BCUT2D eigenvalue weighted by Crippen LogP contribution is 2.53. The Bertz CT molecular complexity index is 328. The molecule has 4 atom stereocenters. The average molecular weight is 220 g/mol. The van der Waals surface area contributed by atoms with Crippen molar-refractivity contribution in [3.8, 4) is 0 Å². The molecule has 0 spiro atoms. The van der Waals surface area contributed by atoms with Crippen molar-refractivity contribution in [1.29, 1.82) is 0 Å². The van der Waals surface area contributed by atoms with Crippen LogP contribution in [0.25, 0.3) is 0 Å². The number of fused-ring (bicyclic) bond motifs is 1. The lowest BCUT2D eigenvalue weighted by atomic mass is 9.57. The van der Waals surface area contributed by atoms with E-state index in [1.165, 1.54) is 24.0 Å². The molecular weight excluding hydrogens is 196 g/mol.